The van der Waals surface area contributed by atoms with Crippen molar-refractivity contribution in [3.05, 3.63) is 30.1 Å². The Hall–Kier alpha value is -2.85. The summed E-state index contributed by atoms with van der Waals surface area (Å²) in [5.74, 6) is -2.54. The van der Waals surface area contributed by atoms with Crippen molar-refractivity contribution in [1.29, 1.82) is 0 Å². The first kappa shape index (κ1) is 24.4. The number of aromatic nitrogens is 1. The van der Waals surface area contributed by atoms with E-state index in [-0.39, 0.29) is 29.3 Å². The maximum atomic E-state index is 12.7. The number of rotatable bonds is 4. The molecule has 11 heteroatoms. The molecule has 172 valence electrons. The molecule has 1 aromatic heterocycles. The van der Waals surface area contributed by atoms with Gasteiger partial charge in [0.2, 0.25) is 5.91 Å². The highest BCUT2D eigenvalue weighted by molar-refractivity contribution is 5.83. The molecule has 0 bridgehead atoms. The van der Waals surface area contributed by atoms with Gasteiger partial charge in [-0.25, -0.2) is 9.59 Å². The van der Waals surface area contributed by atoms with Crippen LogP contribution in [0.1, 0.15) is 32.4 Å². The Bertz CT molecular complexity index is 803. The van der Waals surface area contributed by atoms with E-state index >= 15 is 0 Å². The molecule has 3 rings (SSSR count). The van der Waals surface area contributed by atoms with Gasteiger partial charge in [-0.1, -0.05) is 6.07 Å². The smallest absolute Gasteiger partial charge is 0.475 e. The van der Waals surface area contributed by atoms with Crippen molar-refractivity contribution < 1.29 is 32.7 Å². The number of aliphatic carboxylic acids is 1. The Morgan fingerprint density at radius 2 is 2.00 bits per heavy atom. The number of likely N-dealkylation sites (tertiary alicyclic amines) is 1. The van der Waals surface area contributed by atoms with Crippen molar-refractivity contribution >= 4 is 17.9 Å². The van der Waals surface area contributed by atoms with Gasteiger partial charge in [0.05, 0.1) is 12.2 Å². The molecule has 0 aromatic carbocycles. The van der Waals surface area contributed by atoms with E-state index in [9.17, 15) is 22.8 Å². The van der Waals surface area contributed by atoms with Gasteiger partial charge >= 0.3 is 18.2 Å². The predicted octanol–water partition coefficient (Wildman–Crippen LogP) is 2.50. The highest BCUT2D eigenvalue weighted by Crippen LogP contribution is 2.59. The van der Waals surface area contributed by atoms with Crippen LogP contribution in [0, 0.1) is 11.3 Å². The fourth-order valence-electron chi connectivity index (χ4n) is 3.63. The van der Waals surface area contributed by atoms with Crippen LogP contribution in [0.25, 0.3) is 0 Å². The second-order valence-corrected chi connectivity index (χ2v) is 8.21. The lowest BCUT2D eigenvalue weighted by Crippen LogP contribution is -2.42. The first-order valence-electron chi connectivity index (χ1n) is 9.86. The van der Waals surface area contributed by atoms with Crippen LogP contribution in [-0.4, -0.2) is 70.2 Å². The molecule has 2 atom stereocenters. The second-order valence-electron chi connectivity index (χ2n) is 8.21. The van der Waals surface area contributed by atoms with Crippen molar-refractivity contribution in [1.82, 2.24) is 20.1 Å². The summed E-state index contributed by atoms with van der Waals surface area (Å²) in [6, 6.07) is 5.86. The van der Waals surface area contributed by atoms with Gasteiger partial charge in [-0.3, -0.25) is 9.78 Å². The molecular weight excluding hydrogens is 417 g/mol. The topological polar surface area (TPSA) is 103 Å². The van der Waals surface area contributed by atoms with E-state index in [0.717, 1.165) is 25.1 Å². The van der Waals surface area contributed by atoms with Crippen molar-refractivity contribution in [2.24, 2.45) is 11.3 Å². The Morgan fingerprint density at radius 3 is 2.52 bits per heavy atom. The average Bonchev–Trinajstić information content (AvgIpc) is 3.19. The van der Waals surface area contributed by atoms with Gasteiger partial charge in [-0.15, -0.1) is 0 Å². The first-order chi connectivity index (χ1) is 14.4. The highest BCUT2D eigenvalue weighted by Gasteiger charge is 2.61. The minimum Gasteiger partial charge on any atom is -0.475 e. The number of hydrogen-bond acceptors (Lipinski definition) is 4. The molecule has 1 aliphatic heterocycles. The fraction of sp³-hybridized carbons (Fsp3) is 0.600. The summed E-state index contributed by atoms with van der Waals surface area (Å²) < 4.78 is 31.7. The van der Waals surface area contributed by atoms with E-state index in [1.165, 1.54) is 0 Å². The van der Waals surface area contributed by atoms with Crippen molar-refractivity contribution in [3.8, 4) is 0 Å². The monoisotopic (exact) mass is 444 g/mol. The molecule has 0 radical (unpaired) electrons. The molecule has 2 unspecified atom stereocenters. The number of amides is 3. The number of carbonyl (C=O) groups is 3. The quantitative estimate of drug-likeness (QED) is 0.743. The van der Waals surface area contributed by atoms with E-state index < -0.39 is 12.1 Å². The lowest BCUT2D eigenvalue weighted by atomic mass is 10.0. The molecule has 2 heterocycles. The number of hydrogen-bond donors (Lipinski definition) is 2. The van der Waals surface area contributed by atoms with Gasteiger partial charge in [0.1, 0.15) is 0 Å². The predicted molar refractivity (Wildman–Crippen MR) is 105 cm³/mol. The molecular formula is C20H27F3N4O4. The zero-order valence-electron chi connectivity index (χ0n) is 17.6. The highest BCUT2D eigenvalue weighted by atomic mass is 19.4. The minimum atomic E-state index is -5.08. The molecule has 1 aliphatic carbocycles. The molecule has 1 aromatic rings. The number of carboxylic acid groups (broad SMARTS) is 1. The first-order valence-corrected chi connectivity index (χ1v) is 9.86. The van der Waals surface area contributed by atoms with Crippen LogP contribution in [0.3, 0.4) is 0 Å². The van der Waals surface area contributed by atoms with E-state index in [1.54, 1.807) is 11.1 Å². The number of urea groups is 1. The summed E-state index contributed by atoms with van der Waals surface area (Å²) in [6.45, 7) is 5.88. The summed E-state index contributed by atoms with van der Waals surface area (Å²) in [7, 11) is 1.83. The molecule has 31 heavy (non-hydrogen) atoms. The number of carbonyl (C=O) groups excluding carboxylic acids is 2. The van der Waals surface area contributed by atoms with Gasteiger partial charge in [0.25, 0.3) is 0 Å². The third-order valence-corrected chi connectivity index (χ3v) is 5.32. The number of nitrogens with one attached hydrogen (secondary N) is 1. The maximum absolute atomic E-state index is 12.7. The van der Waals surface area contributed by atoms with Gasteiger partial charge in [-0.05, 0) is 38.8 Å². The van der Waals surface area contributed by atoms with E-state index in [4.69, 9.17) is 9.90 Å². The lowest BCUT2D eigenvalue weighted by Gasteiger charge is -2.20. The van der Waals surface area contributed by atoms with Crippen LogP contribution in [0.4, 0.5) is 18.0 Å². The number of nitrogens with zero attached hydrogens (tertiary/aromatic N) is 3. The zero-order valence-corrected chi connectivity index (χ0v) is 17.6. The van der Waals surface area contributed by atoms with Crippen molar-refractivity contribution in [2.45, 2.75) is 45.5 Å². The van der Waals surface area contributed by atoms with Gasteiger partial charge < -0.3 is 20.2 Å². The molecule has 2 fully saturated rings. The van der Waals surface area contributed by atoms with Crippen LogP contribution < -0.4 is 5.32 Å². The van der Waals surface area contributed by atoms with E-state index in [2.05, 4.69) is 10.3 Å². The molecule has 2 N–H and O–H groups in total. The second kappa shape index (κ2) is 9.52. The molecule has 8 nitrogen and oxygen atoms in total. The van der Waals surface area contributed by atoms with Crippen LogP contribution >= 0.6 is 0 Å². The Morgan fingerprint density at radius 1 is 1.35 bits per heavy atom. The van der Waals surface area contributed by atoms with E-state index in [0.29, 0.717) is 13.1 Å². The summed E-state index contributed by atoms with van der Waals surface area (Å²) in [5.41, 5.74) is 0.899. The van der Waals surface area contributed by atoms with Crippen LogP contribution in [-0.2, 0) is 16.1 Å². The third-order valence-electron chi connectivity index (χ3n) is 5.32. The van der Waals surface area contributed by atoms with Crippen LogP contribution in [0.15, 0.2) is 24.4 Å². The number of halogens is 3. The Kier molecular flexibility index (Phi) is 7.50. The number of pyridine rings is 1. The average molecular weight is 444 g/mol. The maximum Gasteiger partial charge on any atom is 0.490 e. The molecule has 1 saturated heterocycles. The molecule has 2 aliphatic rings. The summed E-state index contributed by atoms with van der Waals surface area (Å²) in [6.07, 6.45) is -1.52. The van der Waals surface area contributed by atoms with Crippen molar-refractivity contribution in [2.75, 3.05) is 20.1 Å². The Balaban J connectivity index is 0.000000423. The Labute approximate surface area is 178 Å². The van der Waals surface area contributed by atoms with E-state index in [1.807, 2.05) is 44.0 Å². The molecule has 1 saturated carbocycles. The summed E-state index contributed by atoms with van der Waals surface area (Å²) in [5, 5.41) is 10.1. The normalized spacial score (nSPS) is 22.0. The number of carboxylic acids is 1. The minimum absolute atomic E-state index is 0.00375. The largest absolute Gasteiger partial charge is 0.490 e. The lowest BCUT2D eigenvalue weighted by molar-refractivity contribution is -0.192. The van der Waals surface area contributed by atoms with Crippen LogP contribution in [0.2, 0.25) is 0 Å². The van der Waals surface area contributed by atoms with Gasteiger partial charge in [0.15, 0.2) is 0 Å². The third kappa shape index (κ3) is 6.56. The standard InChI is InChI=1S/C18H26N4O2.C2HF3O2/c1-13(2)20-17(24)22-9-7-18(12-22)10-15(18)16(23)21(3)11-14-6-4-5-8-19-14;3-2(4,5)1(6)7/h4-6,8,13,15H,7,9-12H2,1-3H3,(H,20,24);(H,6,7). The van der Waals surface area contributed by atoms with Gasteiger partial charge in [0, 0.05) is 43.7 Å². The zero-order chi connectivity index (χ0) is 23.4. The van der Waals surface area contributed by atoms with Gasteiger partial charge in [-0.2, -0.15) is 13.2 Å². The molecule has 3 amide bonds. The summed E-state index contributed by atoms with van der Waals surface area (Å²) >= 11 is 0. The fourth-order valence-corrected chi connectivity index (χ4v) is 3.63. The SMILES string of the molecule is CC(C)NC(=O)N1CCC2(CC2C(=O)N(C)Cc2ccccn2)C1.O=C(O)C(F)(F)F. The molecule has 1 spiro atoms. The summed E-state index contributed by atoms with van der Waals surface area (Å²) in [4.78, 5) is 41.6. The van der Waals surface area contributed by atoms with Crippen molar-refractivity contribution in [3.63, 3.8) is 0 Å². The number of alkyl halides is 3. The van der Waals surface area contributed by atoms with Crippen LogP contribution in [0.5, 0.6) is 0 Å².